The maximum absolute atomic E-state index is 14.8. The van der Waals surface area contributed by atoms with Crippen molar-refractivity contribution >= 4 is 11.4 Å². The highest BCUT2D eigenvalue weighted by Gasteiger charge is 2.33. The van der Waals surface area contributed by atoms with Crippen LogP contribution in [0.15, 0.2) is 66.8 Å². The summed E-state index contributed by atoms with van der Waals surface area (Å²) < 4.78 is 14.8. The minimum atomic E-state index is -0.418. The third kappa shape index (κ3) is 4.27. The van der Waals surface area contributed by atoms with Gasteiger partial charge in [-0.3, -0.25) is 4.79 Å². The smallest absolute Gasteiger partial charge is 0.140 e. The lowest BCUT2D eigenvalue weighted by atomic mass is 9.72. The van der Waals surface area contributed by atoms with Crippen LogP contribution in [-0.4, -0.2) is 5.78 Å². The summed E-state index contributed by atoms with van der Waals surface area (Å²) in [5, 5.41) is 0. The molecule has 0 heterocycles. The van der Waals surface area contributed by atoms with Gasteiger partial charge in [0.05, 0.1) is 5.41 Å². The number of carbonyl (C=O) groups excluding carboxylic acids is 1. The van der Waals surface area contributed by atoms with Gasteiger partial charge in [0, 0.05) is 5.56 Å². The topological polar surface area (TPSA) is 17.1 Å². The number of carbonyl (C=O) groups is 1. The Kier molecular flexibility index (Phi) is 6.05. The first kappa shape index (κ1) is 19.3. The highest BCUT2D eigenvalue weighted by molar-refractivity contribution is 5.88. The fraction of sp³-hybridized carbons (Fsp3) is 0.320. The van der Waals surface area contributed by atoms with Crippen LogP contribution in [0.4, 0.5) is 4.39 Å². The van der Waals surface area contributed by atoms with Crippen LogP contribution in [0.3, 0.4) is 0 Å². The Balaban J connectivity index is 1.81. The highest BCUT2D eigenvalue weighted by Crippen LogP contribution is 2.39. The van der Waals surface area contributed by atoms with E-state index in [4.69, 9.17) is 0 Å². The average Bonchev–Trinajstić information content (AvgIpc) is 2.69. The first-order valence-corrected chi connectivity index (χ1v) is 9.81. The number of allylic oxidation sites excluding steroid dienone is 4. The molecule has 2 heteroatoms. The Morgan fingerprint density at radius 2 is 1.85 bits per heavy atom. The van der Waals surface area contributed by atoms with Crippen LogP contribution in [0, 0.1) is 11.2 Å². The van der Waals surface area contributed by atoms with E-state index in [9.17, 15) is 9.18 Å². The van der Waals surface area contributed by atoms with Crippen LogP contribution < -0.4 is 0 Å². The summed E-state index contributed by atoms with van der Waals surface area (Å²) in [7, 11) is 0. The molecule has 1 unspecified atom stereocenters. The standard InChI is InChI=1S/C25H27FO/c1-3-4-8-15-25(19(2)27)16-13-21(14-17-25)23-12-11-22(18-24(23)26)20-9-6-5-7-10-20/h5-7,9-14,16,18H,3-4,8,15,17H2,1-2H3. The number of ketones is 1. The van der Waals surface area contributed by atoms with E-state index in [1.807, 2.05) is 60.7 Å². The van der Waals surface area contributed by atoms with Crippen LogP contribution in [0.25, 0.3) is 16.7 Å². The third-order valence-corrected chi connectivity index (χ3v) is 5.58. The van der Waals surface area contributed by atoms with E-state index < -0.39 is 5.41 Å². The molecule has 1 nitrogen and oxygen atoms in total. The van der Waals surface area contributed by atoms with Crippen LogP contribution in [-0.2, 0) is 4.79 Å². The number of halogens is 1. The number of Topliss-reactive ketones (excluding diaryl/α,β-unsaturated/α-hetero) is 1. The Morgan fingerprint density at radius 1 is 1.07 bits per heavy atom. The second-order valence-corrected chi connectivity index (χ2v) is 7.43. The minimum absolute atomic E-state index is 0.199. The molecule has 1 aliphatic rings. The SMILES string of the molecule is CCCCCC1(C(C)=O)C=CC(c2ccc(-c3ccccc3)cc2F)=CC1. The monoisotopic (exact) mass is 362 g/mol. The van der Waals surface area contributed by atoms with Crippen molar-refractivity contribution in [1.29, 1.82) is 0 Å². The van der Waals surface area contributed by atoms with Gasteiger partial charge in [0.2, 0.25) is 0 Å². The summed E-state index contributed by atoms with van der Waals surface area (Å²) in [6.07, 6.45) is 10.8. The summed E-state index contributed by atoms with van der Waals surface area (Å²) in [4.78, 5) is 12.3. The second kappa shape index (κ2) is 8.47. The first-order valence-electron chi connectivity index (χ1n) is 9.81. The minimum Gasteiger partial charge on any atom is -0.299 e. The average molecular weight is 362 g/mol. The maximum atomic E-state index is 14.8. The van der Waals surface area contributed by atoms with E-state index in [1.165, 1.54) is 0 Å². The summed E-state index contributed by atoms with van der Waals surface area (Å²) in [5.74, 6) is -0.0291. The van der Waals surface area contributed by atoms with Gasteiger partial charge in [-0.05, 0) is 42.5 Å². The Bertz CT molecular complexity index is 863. The molecule has 2 aromatic rings. The number of hydrogen-bond donors (Lipinski definition) is 0. The van der Waals surface area contributed by atoms with Crippen molar-refractivity contribution in [1.82, 2.24) is 0 Å². The van der Waals surface area contributed by atoms with Crippen molar-refractivity contribution < 1.29 is 9.18 Å². The molecular weight excluding hydrogens is 335 g/mol. The van der Waals surface area contributed by atoms with Gasteiger partial charge >= 0.3 is 0 Å². The second-order valence-electron chi connectivity index (χ2n) is 7.43. The molecule has 1 aliphatic carbocycles. The molecule has 0 fully saturated rings. The normalized spacial score (nSPS) is 19.0. The number of hydrogen-bond acceptors (Lipinski definition) is 1. The van der Waals surface area contributed by atoms with Crippen LogP contribution >= 0.6 is 0 Å². The van der Waals surface area contributed by atoms with Crippen molar-refractivity contribution in [3.8, 4) is 11.1 Å². The summed E-state index contributed by atoms with van der Waals surface area (Å²) >= 11 is 0. The molecule has 0 spiro atoms. The molecule has 0 N–H and O–H groups in total. The van der Waals surface area contributed by atoms with Crippen molar-refractivity contribution in [2.45, 2.75) is 46.0 Å². The van der Waals surface area contributed by atoms with E-state index in [0.717, 1.165) is 42.4 Å². The molecule has 0 aromatic heterocycles. The molecular formula is C25H27FO. The van der Waals surface area contributed by atoms with Gasteiger partial charge in [-0.15, -0.1) is 0 Å². The first-order chi connectivity index (χ1) is 13.1. The highest BCUT2D eigenvalue weighted by atomic mass is 19.1. The van der Waals surface area contributed by atoms with Crippen LogP contribution in [0.2, 0.25) is 0 Å². The van der Waals surface area contributed by atoms with Gasteiger partial charge in [-0.25, -0.2) is 4.39 Å². The van der Waals surface area contributed by atoms with Gasteiger partial charge in [-0.2, -0.15) is 0 Å². The largest absolute Gasteiger partial charge is 0.299 e. The molecule has 1 atom stereocenters. The molecule has 140 valence electrons. The van der Waals surface area contributed by atoms with E-state index >= 15 is 0 Å². The molecule has 0 amide bonds. The third-order valence-electron chi connectivity index (χ3n) is 5.58. The van der Waals surface area contributed by atoms with E-state index in [-0.39, 0.29) is 11.6 Å². The Morgan fingerprint density at radius 3 is 2.44 bits per heavy atom. The van der Waals surface area contributed by atoms with Crippen molar-refractivity contribution in [2.24, 2.45) is 5.41 Å². The fourth-order valence-electron chi connectivity index (χ4n) is 3.75. The molecule has 2 aromatic carbocycles. The predicted octanol–water partition coefficient (Wildman–Crippen LogP) is 6.99. The van der Waals surface area contributed by atoms with E-state index in [0.29, 0.717) is 12.0 Å². The summed E-state index contributed by atoms with van der Waals surface area (Å²) in [5.41, 5.74) is 2.91. The predicted molar refractivity (Wildman–Crippen MR) is 111 cm³/mol. The lowest BCUT2D eigenvalue weighted by molar-refractivity contribution is -0.124. The van der Waals surface area contributed by atoms with Crippen molar-refractivity contribution in [3.63, 3.8) is 0 Å². The Labute approximate surface area is 161 Å². The van der Waals surface area contributed by atoms with Gasteiger partial charge in [-0.1, -0.05) is 86.9 Å². The lowest BCUT2D eigenvalue weighted by Crippen LogP contribution is -2.28. The van der Waals surface area contributed by atoms with Crippen molar-refractivity contribution in [2.75, 3.05) is 0 Å². The fourth-order valence-corrected chi connectivity index (χ4v) is 3.75. The van der Waals surface area contributed by atoms with Gasteiger partial charge in [0.25, 0.3) is 0 Å². The molecule has 0 radical (unpaired) electrons. The van der Waals surface area contributed by atoms with E-state index in [2.05, 4.69) is 6.92 Å². The quantitative estimate of drug-likeness (QED) is 0.485. The number of rotatable bonds is 7. The van der Waals surface area contributed by atoms with Gasteiger partial charge < -0.3 is 0 Å². The van der Waals surface area contributed by atoms with Gasteiger partial charge in [0.1, 0.15) is 11.6 Å². The molecule has 0 saturated carbocycles. The lowest BCUT2D eigenvalue weighted by Gasteiger charge is -2.30. The summed E-state index contributed by atoms with van der Waals surface area (Å²) in [6.45, 7) is 3.83. The van der Waals surface area contributed by atoms with Crippen LogP contribution in [0.5, 0.6) is 0 Å². The maximum Gasteiger partial charge on any atom is 0.140 e. The zero-order valence-electron chi connectivity index (χ0n) is 16.2. The number of benzene rings is 2. The van der Waals surface area contributed by atoms with Crippen LogP contribution in [0.1, 0.15) is 51.5 Å². The molecule has 3 rings (SSSR count). The molecule has 27 heavy (non-hydrogen) atoms. The summed E-state index contributed by atoms with van der Waals surface area (Å²) in [6, 6.07) is 15.2. The van der Waals surface area contributed by atoms with Gasteiger partial charge in [0.15, 0.2) is 0 Å². The van der Waals surface area contributed by atoms with E-state index in [1.54, 1.807) is 13.0 Å². The Hall–Kier alpha value is -2.48. The zero-order chi connectivity index (χ0) is 19.3. The molecule has 0 bridgehead atoms. The zero-order valence-corrected chi connectivity index (χ0v) is 16.2. The molecule has 0 aliphatic heterocycles. The number of unbranched alkanes of at least 4 members (excludes halogenated alkanes) is 2. The van der Waals surface area contributed by atoms with Crippen molar-refractivity contribution in [3.05, 3.63) is 78.1 Å². The molecule has 0 saturated heterocycles.